The summed E-state index contributed by atoms with van der Waals surface area (Å²) in [5, 5.41) is 3.25. The van der Waals surface area contributed by atoms with Crippen LogP contribution in [-0.4, -0.2) is 48.5 Å². The molecule has 0 aromatic heterocycles. The van der Waals surface area contributed by atoms with Crippen LogP contribution in [0.3, 0.4) is 0 Å². The van der Waals surface area contributed by atoms with Crippen molar-refractivity contribution in [2.24, 2.45) is 5.92 Å². The van der Waals surface area contributed by atoms with E-state index in [1.165, 1.54) is 12.8 Å². The second-order valence-corrected chi connectivity index (χ2v) is 6.31. The first kappa shape index (κ1) is 14.8. The van der Waals surface area contributed by atoms with Gasteiger partial charge in [0.05, 0.1) is 6.54 Å². The van der Waals surface area contributed by atoms with Crippen LogP contribution < -0.4 is 5.32 Å². The molecule has 0 aromatic carbocycles. The zero-order valence-electron chi connectivity index (χ0n) is 11.4. The van der Waals surface area contributed by atoms with Crippen LogP contribution in [0.1, 0.15) is 33.1 Å². The molecule has 0 aromatic rings. The zero-order valence-corrected chi connectivity index (χ0v) is 12.2. The minimum Gasteiger partial charge on any atom is -0.342 e. The van der Waals surface area contributed by atoms with Gasteiger partial charge < -0.3 is 10.2 Å². The Morgan fingerprint density at radius 2 is 2.24 bits per heavy atom. The van der Waals surface area contributed by atoms with Crippen molar-refractivity contribution in [1.82, 2.24) is 10.2 Å². The summed E-state index contributed by atoms with van der Waals surface area (Å²) in [6, 6.07) is 0.351. The fourth-order valence-electron chi connectivity index (χ4n) is 1.67. The molecule has 0 radical (unpaired) electrons. The van der Waals surface area contributed by atoms with Crippen molar-refractivity contribution in [1.29, 1.82) is 0 Å². The van der Waals surface area contributed by atoms with Gasteiger partial charge in [0.2, 0.25) is 5.91 Å². The van der Waals surface area contributed by atoms with Gasteiger partial charge in [-0.15, -0.1) is 0 Å². The third-order valence-electron chi connectivity index (χ3n) is 3.34. The predicted molar refractivity (Wildman–Crippen MR) is 75.4 cm³/mol. The van der Waals surface area contributed by atoms with E-state index in [-0.39, 0.29) is 5.91 Å². The molecule has 1 amide bonds. The minimum absolute atomic E-state index is 0.222. The lowest BCUT2D eigenvalue weighted by atomic mass is 10.2. The lowest BCUT2D eigenvalue weighted by Gasteiger charge is -2.25. The van der Waals surface area contributed by atoms with E-state index in [2.05, 4.69) is 19.2 Å². The predicted octanol–water partition coefficient (Wildman–Crippen LogP) is 1.98. The molecule has 1 fully saturated rings. The van der Waals surface area contributed by atoms with Gasteiger partial charge in [-0.25, -0.2) is 0 Å². The van der Waals surface area contributed by atoms with Gasteiger partial charge in [-0.3, -0.25) is 4.79 Å². The molecule has 1 rings (SSSR count). The number of hydrogen-bond acceptors (Lipinski definition) is 3. The van der Waals surface area contributed by atoms with Crippen LogP contribution in [0.25, 0.3) is 0 Å². The van der Waals surface area contributed by atoms with E-state index < -0.39 is 0 Å². The van der Waals surface area contributed by atoms with Crippen LogP contribution in [0.2, 0.25) is 0 Å². The van der Waals surface area contributed by atoms with Crippen molar-refractivity contribution in [3.63, 3.8) is 0 Å². The minimum atomic E-state index is 0.222. The molecule has 17 heavy (non-hydrogen) atoms. The van der Waals surface area contributed by atoms with Gasteiger partial charge in [0, 0.05) is 13.1 Å². The molecular weight excluding hydrogens is 232 g/mol. The van der Waals surface area contributed by atoms with Gasteiger partial charge in [0.15, 0.2) is 0 Å². The Labute approximate surface area is 110 Å². The second kappa shape index (κ2) is 7.98. The Hall–Kier alpha value is -0.220. The SMILES string of the molecule is CCSCCC(C)N(C)C(=O)CNCC1CC1. The lowest BCUT2D eigenvalue weighted by molar-refractivity contribution is -0.130. The third-order valence-corrected chi connectivity index (χ3v) is 4.28. The summed E-state index contributed by atoms with van der Waals surface area (Å²) < 4.78 is 0. The number of hydrogen-bond donors (Lipinski definition) is 1. The van der Waals surface area contributed by atoms with Crippen molar-refractivity contribution in [3.8, 4) is 0 Å². The molecule has 1 N–H and O–H groups in total. The number of carbonyl (C=O) groups excluding carboxylic acids is 1. The Kier molecular flexibility index (Phi) is 6.97. The van der Waals surface area contributed by atoms with E-state index in [4.69, 9.17) is 0 Å². The zero-order chi connectivity index (χ0) is 12.7. The van der Waals surface area contributed by atoms with Gasteiger partial charge in [0.1, 0.15) is 0 Å². The number of thioether (sulfide) groups is 1. The topological polar surface area (TPSA) is 32.3 Å². The van der Waals surface area contributed by atoms with E-state index >= 15 is 0 Å². The lowest BCUT2D eigenvalue weighted by Crippen LogP contribution is -2.41. The maximum Gasteiger partial charge on any atom is 0.236 e. The van der Waals surface area contributed by atoms with Crippen LogP contribution in [0.5, 0.6) is 0 Å². The highest BCUT2D eigenvalue weighted by Gasteiger charge is 2.21. The summed E-state index contributed by atoms with van der Waals surface area (Å²) in [5.74, 6) is 3.36. The van der Waals surface area contributed by atoms with E-state index in [0.717, 1.165) is 30.4 Å². The summed E-state index contributed by atoms with van der Waals surface area (Å²) in [7, 11) is 1.92. The number of rotatable bonds is 9. The molecule has 0 heterocycles. The number of nitrogens with zero attached hydrogens (tertiary/aromatic N) is 1. The summed E-state index contributed by atoms with van der Waals surface area (Å²) in [6.07, 6.45) is 3.76. The van der Waals surface area contributed by atoms with Crippen LogP contribution in [0, 0.1) is 5.92 Å². The Bertz CT molecular complexity index is 231. The fourth-order valence-corrected chi connectivity index (χ4v) is 2.46. The van der Waals surface area contributed by atoms with Crippen LogP contribution in [-0.2, 0) is 4.79 Å². The van der Waals surface area contributed by atoms with E-state index in [1.807, 2.05) is 23.7 Å². The molecule has 1 saturated carbocycles. The van der Waals surface area contributed by atoms with Crippen molar-refractivity contribution in [2.45, 2.75) is 39.2 Å². The molecule has 1 aliphatic carbocycles. The van der Waals surface area contributed by atoms with Gasteiger partial charge in [-0.05, 0) is 50.2 Å². The molecular formula is C13H26N2OS. The van der Waals surface area contributed by atoms with Crippen LogP contribution in [0.4, 0.5) is 0 Å². The maximum atomic E-state index is 11.9. The summed E-state index contributed by atoms with van der Waals surface area (Å²) in [4.78, 5) is 13.8. The molecule has 0 aliphatic heterocycles. The first-order valence-corrected chi connectivity index (χ1v) is 7.84. The monoisotopic (exact) mass is 258 g/mol. The van der Waals surface area contributed by atoms with Crippen molar-refractivity contribution >= 4 is 17.7 Å². The van der Waals surface area contributed by atoms with E-state index in [1.54, 1.807) is 0 Å². The normalized spacial score (nSPS) is 16.9. The molecule has 3 nitrogen and oxygen atoms in total. The highest BCUT2D eigenvalue weighted by Crippen LogP contribution is 2.27. The number of amides is 1. The molecule has 100 valence electrons. The Morgan fingerprint density at radius 3 is 2.82 bits per heavy atom. The summed E-state index contributed by atoms with van der Waals surface area (Å²) in [6.45, 7) is 5.82. The van der Waals surface area contributed by atoms with Crippen LogP contribution in [0.15, 0.2) is 0 Å². The number of carbonyl (C=O) groups is 1. The maximum absolute atomic E-state index is 11.9. The van der Waals surface area contributed by atoms with Gasteiger partial charge in [-0.1, -0.05) is 6.92 Å². The fraction of sp³-hybridized carbons (Fsp3) is 0.923. The molecule has 0 spiro atoms. The van der Waals surface area contributed by atoms with E-state index in [9.17, 15) is 4.79 Å². The van der Waals surface area contributed by atoms with Gasteiger partial charge >= 0.3 is 0 Å². The molecule has 1 aliphatic rings. The van der Waals surface area contributed by atoms with Crippen molar-refractivity contribution in [3.05, 3.63) is 0 Å². The molecule has 0 bridgehead atoms. The first-order valence-electron chi connectivity index (χ1n) is 6.69. The third kappa shape index (κ3) is 6.32. The van der Waals surface area contributed by atoms with Crippen LogP contribution >= 0.6 is 11.8 Å². The Balaban J connectivity index is 2.09. The molecule has 4 heteroatoms. The van der Waals surface area contributed by atoms with Gasteiger partial charge in [-0.2, -0.15) is 11.8 Å². The quantitative estimate of drug-likeness (QED) is 0.642. The largest absolute Gasteiger partial charge is 0.342 e. The highest BCUT2D eigenvalue weighted by atomic mass is 32.2. The smallest absolute Gasteiger partial charge is 0.236 e. The molecule has 1 unspecified atom stereocenters. The number of likely N-dealkylation sites (N-methyl/N-ethyl adjacent to an activating group) is 1. The standard InChI is InChI=1S/C13H26N2OS/c1-4-17-8-7-11(2)15(3)13(16)10-14-9-12-5-6-12/h11-12,14H,4-10H2,1-3H3. The highest BCUT2D eigenvalue weighted by molar-refractivity contribution is 7.99. The molecule has 0 saturated heterocycles. The first-order chi connectivity index (χ1) is 8.15. The average Bonchev–Trinajstić information content (AvgIpc) is 3.12. The van der Waals surface area contributed by atoms with Crippen molar-refractivity contribution in [2.75, 3.05) is 31.6 Å². The van der Waals surface area contributed by atoms with Gasteiger partial charge in [0.25, 0.3) is 0 Å². The average molecular weight is 258 g/mol. The second-order valence-electron chi connectivity index (χ2n) is 4.91. The molecule has 1 atom stereocenters. The summed E-state index contributed by atoms with van der Waals surface area (Å²) in [5.41, 5.74) is 0. The summed E-state index contributed by atoms with van der Waals surface area (Å²) >= 11 is 1.94. The Morgan fingerprint density at radius 1 is 1.53 bits per heavy atom. The van der Waals surface area contributed by atoms with E-state index in [0.29, 0.717) is 12.6 Å². The van der Waals surface area contributed by atoms with Crippen molar-refractivity contribution < 1.29 is 4.79 Å². The number of nitrogens with one attached hydrogen (secondary N) is 1.